The van der Waals surface area contributed by atoms with E-state index >= 15 is 0 Å². The van der Waals surface area contributed by atoms with Gasteiger partial charge in [-0.25, -0.2) is 0 Å². The van der Waals surface area contributed by atoms with Crippen LogP contribution >= 0.6 is 0 Å². The third kappa shape index (κ3) is 3.64. The molecule has 0 aromatic heterocycles. The second-order valence-electron chi connectivity index (χ2n) is 3.89. The molecule has 0 aliphatic heterocycles. The van der Waals surface area contributed by atoms with Crippen molar-refractivity contribution < 1.29 is 9.90 Å². The lowest BCUT2D eigenvalue weighted by Crippen LogP contribution is -2.46. The van der Waals surface area contributed by atoms with Gasteiger partial charge in [-0.05, 0) is 19.8 Å². The van der Waals surface area contributed by atoms with Crippen LogP contribution < -0.4 is 10.6 Å². The first-order valence-corrected chi connectivity index (χ1v) is 5.38. The fourth-order valence-corrected chi connectivity index (χ4v) is 1.77. The smallest absolute Gasteiger partial charge is 0.237 e. The quantitative estimate of drug-likeness (QED) is 0.586. The number of nitrogens with one attached hydrogen (secondary N) is 2. The first-order chi connectivity index (χ1) is 6.74. The lowest BCUT2D eigenvalue weighted by atomic mass is 10.2. The van der Waals surface area contributed by atoms with Crippen molar-refractivity contribution in [3.8, 4) is 0 Å². The zero-order chi connectivity index (χ0) is 10.4. The van der Waals surface area contributed by atoms with Gasteiger partial charge in [-0.2, -0.15) is 0 Å². The Morgan fingerprint density at radius 2 is 2.14 bits per heavy atom. The van der Waals surface area contributed by atoms with Gasteiger partial charge < -0.3 is 15.7 Å². The lowest BCUT2D eigenvalue weighted by molar-refractivity contribution is -0.123. The average molecular weight is 200 g/mol. The van der Waals surface area contributed by atoms with Gasteiger partial charge in [-0.1, -0.05) is 12.8 Å². The second kappa shape index (κ2) is 5.98. The van der Waals surface area contributed by atoms with Crippen molar-refractivity contribution in [3.05, 3.63) is 0 Å². The Bertz CT molecular complexity index is 179. The van der Waals surface area contributed by atoms with E-state index in [-0.39, 0.29) is 18.6 Å². The van der Waals surface area contributed by atoms with Gasteiger partial charge in [0.1, 0.15) is 0 Å². The standard InChI is InChI=1S/C10H20N2O2/c1-8(11-6-7-13)10(14)12-9-4-2-3-5-9/h8-9,11,13H,2-7H2,1H3,(H,12,14). The molecule has 1 aliphatic carbocycles. The molecule has 0 spiro atoms. The summed E-state index contributed by atoms with van der Waals surface area (Å²) in [5.74, 6) is 0.0466. The molecular formula is C10H20N2O2. The number of amides is 1. The molecule has 82 valence electrons. The van der Waals surface area contributed by atoms with E-state index in [1.807, 2.05) is 6.92 Å². The summed E-state index contributed by atoms with van der Waals surface area (Å²) < 4.78 is 0. The molecular weight excluding hydrogens is 180 g/mol. The molecule has 1 amide bonds. The van der Waals surface area contributed by atoms with Crippen LogP contribution in [0.25, 0.3) is 0 Å². The SMILES string of the molecule is CC(NCCO)C(=O)NC1CCCC1. The van der Waals surface area contributed by atoms with Crippen LogP contribution in [0.3, 0.4) is 0 Å². The van der Waals surface area contributed by atoms with Gasteiger partial charge in [0.2, 0.25) is 5.91 Å². The van der Waals surface area contributed by atoms with Gasteiger partial charge >= 0.3 is 0 Å². The van der Waals surface area contributed by atoms with Crippen LogP contribution in [-0.4, -0.2) is 36.2 Å². The Morgan fingerprint density at radius 1 is 1.50 bits per heavy atom. The predicted octanol–water partition coefficient (Wildman–Crippen LogP) is 0.0156. The molecule has 1 aliphatic rings. The fraction of sp³-hybridized carbons (Fsp3) is 0.900. The van der Waals surface area contributed by atoms with Crippen molar-refractivity contribution in [2.75, 3.05) is 13.2 Å². The number of rotatable bonds is 5. The van der Waals surface area contributed by atoms with Gasteiger partial charge in [-0.15, -0.1) is 0 Å². The number of carbonyl (C=O) groups is 1. The monoisotopic (exact) mass is 200 g/mol. The molecule has 0 aromatic carbocycles. The highest BCUT2D eigenvalue weighted by molar-refractivity contribution is 5.81. The summed E-state index contributed by atoms with van der Waals surface area (Å²) in [6.07, 6.45) is 4.67. The molecule has 1 unspecified atom stereocenters. The minimum absolute atomic E-state index is 0.0466. The van der Waals surface area contributed by atoms with Crippen LogP contribution in [0.2, 0.25) is 0 Å². The van der Waals surface area contributed by atoms with Crippen molar-refractivity contribution in [1.29, 1.82) is 0 Å². The number of aliphatic hydroxyl groups is 1. The topological polar surface area (TPSA) is 61.4 Å². The van der Waals surface area contributed by atoms with Crippen LogP contribution in [-0.2, 0) is 4.79 Å². The molecule has 1 atom stereocenters. The lowest BCUT2D eigenvalue weighted by Gasteiger charge is -2.17. The summed E-state index contributed by atoms with van der Waals surface area (Å²) in [5, 5.41) is 14.5. The second-order valence-corrected chi connectivity index (χ2v) is 3.89. The molecule has 4 nitrogen and oxygen atoms in total. The third-order valence-corrected chi connectivity index (χ3v) is 2.66. The minimum Gasteiger partial charge on any atom is -0.395 e. The van der Waals surface area contributed by atoms with Crippen molar-refractivity contribution in [2.45, 2.75) is 44.7 Å². The first-order valence-electron chi connectivity index (χ1n) is 5.38. The number of carbonyl (C=O) groups excluding carboxylic acids is 1. The van der Waals surface area contributed by atoms with Crippen molar-refractivity contribution >= 4 is 5.91 Å². The molecule has 14 heavy (non-hydrogen) atoms. The zero-order valence-corrected chi connectivity index (χ0v) is 8.75. The van der Waals surface area contributed by atoms with Gasteiger partial charge in [0.05, 0.1) is 12.6 Å². The van der Waals surface area contributed by atoms with E-state index in [1.54, 1.807) is 0 Å². The highest BCUT2D eigenvalue weighted by Gasteiger charge is 2.19. The first kappa shape index (κ1) is 11.5. The van der Waals surface area contributed by atoms with Gasteiger partial charge in [-0.3, -0.25) is 4.79 Å². The fourth-order valence-electron chi connectivity index (χ4n) is 1.77. The van der Waals surface area contributed by atoms with Gasteiger partial charge in [0, 0.05) is 12.6 Å². The molecule has 4 heteroatoms. The molecule has 0 radical (unpaired) electrons. The molecule has 3 N–H and O–H groups in total. The molecule has 1 rings (SSSR count). The van der Waals surface area contributed by atoms with E-state index in [0.717, 1.165) is 12.8 Å². The van der Waals surface area contributed by atoms with E-state index < -0.39 is 0 Å². The van der Waals surface area contributed by atoms with Crippen LogP contribution in [0.1, 0.15) is 32.6 Å². The molecule has 0 heterocycles. The highest BCUT2D eigenvalue weighted by atomic mass is 16.3. The van der Waals surface area contributed by atoms with E-state index in [0.29, 0.717) is 12.6 Å². The summed E-state index contributed by atoms with van der Waals surface area (Å²) in [6.45, 7) is 2.36. The number of aliphatic hydroxyl groups excluding tert-OH is 1. The normalized spacial score (nSPS) is 19.6. The number of hydrogen-bond donors (Lipinski definition) is 3. The maximum absolute atomic E-state index is 11.5. The summed E-state index contributed by atoms with van der Waals surface area (Å²) in [4.78, 5) is 11.5. The van der Waals surface area contributed by atoms with E-state index in [1.165, 1.54) is 12.8 Å². The van der Waals surface area contributed by atoms with Crippen LogP contribution in [0.5, 0.6) is 0 Å². The van der Waals surface area contributed by atoms with Gasteiger partial charge in [0.15, 0.2) is 0 Å². The highest BCUT2D eigenvalue weighted by Crippen LogP contribution is 2.17. The Labute approximate surface area is 85.1 Å². The van der Waals surface area contributed by atoms with E-state index in [2.05, 4.69) is 10.6 Å². The molecule has 1 saturated carbocycles. The van der Waals surface area contributed by atoms with Crippen LogP contribution in [0.15, 0.2) is 0 Å². The third-order valence-electron chi connectivity index (χ3n) is 2.66. The minimum atomic E-state index is -0.206. The van der Waals surface area contributed by atoms with E-state index in [9.17, 15) is 4.79 Å². The Kier molecular flexibility index (Phi) is 4.90. The maximum Gasteiger partial charge on any atom is 0.237 e. The largest absolute Gasteiger partial charge is 0.395 e. The van der Waals surface area contributed by atoms with Crippen LogP contribution in [0.4, 0.5) is 0 Å². The molecule has 1 fully saturated rings. The Morgan fingerprint density at radius 3 is 2.71 bits per heavy atom. The summed E-state index contributed by atoms with van der Waals surface area (Å²) in [6, 6.07) is 0.170. The zero-order valence-electron chi connectivity index (χ0n) is 8.75. The summed E-state index contributed by atoms with van der Waals surface area (Å²) in [5.41, 5.74) is 0. The predicted molar refractivity (Wildman–Crippen MR) is 54.9 cm³/mol. The van der Waals surface area contributed by atoms with E-state index in [4.69, 9.17) is 5.11 Å². The van der Waals surface area contributed by atoms with Crippen molar-refractivity contribution in [2.24, 2.45) is 0 Å². The maximum atomic E-state index is 11.5. The molecule has 0 aromatic rings. The van der Waals surface area contributed by atoms with Gasteiger partial charge in [0.25, 0.3) is 0 Å². The molecule has 0 bridgehead atoms. The Balaban J connectivity index is 2.18. The summed E-state index contributed by atoms with van der Waals surface area (Å²) in [7, 11) is 0. The molecule has 0 saturated heterocycles. The summed E-state index contributed by atoms with van der Waals surface area (Å²) >= 11 is 0. The van der Waals surface area contributed by atoms with Crippen LogP contribution in [0, 0.1) is 0 Å². The Hall–Kier alpha value is -0.610. The van der Waals surface area contributed by atoms with Crippen molar-refractivity contribution in [1.82, 2.24) is 10.6 Å². The average Bonchev–Trinajstić information content (AvgIpc) is 2.66. The number of hydrogen-bond acceptors (Lipinski definition) is 3. The van der Waals surface area contributed by atoms with Crippen molar-refractivity contribution in [3.63, 3.8) is 0 Å².